The summed E-state index contributed by atoms with van der Waals surface area (Å²) in [6.45, 7) is 6.12. The third kappa shape index (κ3) is 8.34. The molecule has 1 amide bonds. The predicted octanol–water partition coefficient (Wildman–Crippen LogP) is 4.87. The van der Waals surface area contributed by atoms with Gasteiger partial charge in [-0.05, 0) is 84.2 Å². The lowest BCUT2D eigenvalue weighted by Gasteiger charge is -2.40. The van der Waals surface area contributed by atoms with Crippen molar-refractivity contribution in [1.82, 2.24) is 9.80 Å². The zero-order valence-corrected chi connectivity index (χ0v) is 20.1. The van der Waals surface area contributed by atoms with Gasteiger partial charge in [-0.15, -0.1) is 0 Å². The molecule has 0 atom stereocenters. The van der Waals surface area contributed by atoms with Gasteiger partial charge in [0.1, 0.15) is 6.10 Å². The van der Waals surface area contributed by atoms with Gasteiger partial charge in [0.25, 0.3) is 0 Å². The molecule has 6 nitrogen and oxygen atoms in total. The van der Waals surface area contributed by atoms with Gasteiger partial charge in [0.15, 0.2) is 0 Å². The maximum atomic E-state index is 12.8. The normalized spacial score (nSPS) is 22.4. The van der Waals surface area contributed by atoms with Crippen molar-refractivity contribution in [2.75, 3.05) is 26.2 Å². The van der Waals surface area contributed by atoms with Crippen LogP contribution >= 0.6 is 0 Å². The minimum atomic E-state index is -0.129. The van der Waals surface area contributed by atoms with Gasteiger partial charge < -0.3 is 14.5 Å². The Morgan fingerprint density at radius 1 is 0.844 bits per heavy atom. The number of ether oxygens (including phenoxy) is 1. The highest BCUT2D eigenvalue weighted by Crippen LogP contribution is 2.22. The van der Waals surface area contributed by atoms with E-state index in [1.54, 1.807) is 6.20 Å². The summed E-state index contributed by atoms with van der Waals surface area (Å²) in [7, 11) is 0. The Labute approximate surface area is 194 Å². The first-order valence-corrected chi connectivity index (χ1v) is 13.0. The van der Waals surface area contributed by atoms with Crippen molar-refractivity contribution in [3.63, 3.8) is 0 Å². The molecule has 6 heteroatoms. The minimum absolute atomic E-state index is 0.0987. The van der Waals surface area contributed by atoms with E-state index in [4.69, 9.17) is 4.74 Å². The highest BCUT2D eigenvalue weighted by molar-refractivity contribution is 5.91. The fraction of sp³-hybridized carbons (Fsp3) is 0.808. The molecular weight excluding hydrogens is 402 g/mol. The molecule has 0 unspecified atom stereocenters. The third-order valence-corrected chi connectivity index (χ3v) is 7.23. The van der Waals surface area contributed by atoms with Crippen molar-refractivity contribution in [2.24, 2.45) is 4.99 Å². The number of hydrogen-bond acceptors (Lipinski definition) is 5. The predicted molar refractivity (Wildman–Crippen MR) is 129 cm³/mol. The molecule has 32 heavy (non-hydrogen) atoms. The molecule has 2 heterocycles. The van der Waals surface area contributed by atoms with E-state index >= 15 is 0 Å². The van der Waals surface area contributed by atoms with Crippen LogP contribution in [-0.4, -0.2) is 65.7 Å². The molecule has 0 aromatic rings. The van der Waals surface area contributed by atoms with Crippen LogP contribution < -0.4 is 0 Å². The first-order chi connectivity index (χ1) is 15.7. The molecule has 0 aromatic heterocycles. The van der Waals surface area contributed by atoms with Crippen LogP contribution in [0.5, 0.6) is 0 Å². The number of amides is 1. The third-order valence-electron chi connectivity index (χ3n) is 7.23. The lowest BCUT2D eigenvalue weighted by atomic mass is 9.98. The number of nitrogens with zero attached hydrogens (tertiary/aromatic N) is 3. The van der Waals surface area contributed by atoms with E-state index in [2.05, 4.69) is 9.89 Å². The molecule has 1 saturated carbocycles. The van der Waals surface area contributed by atoms with Crippen LogP contribution in [0.25, 0.3) is 0 Å². The number of esters is 1. The molecule has 0 aromatic carbocycles. The first-order valence-electron chi connectivity index (χ1n) is 13.0. The van der Waals surface area contributed by atoms with E-state index in [0.717, 1.165) is 57.3 Å². The Bertz CT molecular complexity index is 641. The summed E-state index contributed by atoms with van der Waals surface area (Å²) < 4.78 is 5.64. The molecule has 0 N–H and O–H groups in total. The number of allylic oxidation sites excluding steroid dienone is 1. The van der Waals surface area contributed by atoms with Crippen LogP contribution in [0.15, 0.2) is 17.3 Å². The highest BCUT2D eigenvalue weighted by Gasteiger charge is 2.27. The second-order valence-corrected chi connectivity index (χ2v) is 9.64. The molecule has 0 spiro atoms. The molecule has 1 aliphatic carbocycles. The maximum Gasteiger partial charge on any atom is 0.306 e. The SMILES string of the molecule is C/C=C\N=C(CCC(=O)OC1CCCCC1)CCC(=O)N1CCC(N2CCCCC2)CC1. The molecule has 2 saturated heterocycles. The summed E-state index contributed by atoms with van der Waals surface area (Å²) in [5.74, 6) is 0.0937. The zero-order chi connectivity index (χ0) is 22.6. The van der Waals surface area contributed by atoms with Gasteiger partial charge in [0, 0.05) is 37.5 Å². The van der Waals surface area contributed by atoms with Crippen molar-refractivity contribution in [1.29, 1.82) is 0 Å². The van der Waals surface area contributed by atoms with Crippen LogP contribution in [0.3, 0.4) is 0 Å². The highest BCUT2D eigenvalue weighted by atomic mass is 16.5. The average molecular weight is 446 g/mol. The molecule has 0 bridgehead atoms. The Morgan fingerprint density at radius 2 is 1.50 bits per heavy atom. The number of rotatable bonds is 9. The van der Waals surface area contributed by atoms with Crippen molar-refractivity contribution >= 4 is 17.6 Å². The van der Waals surface area contributed by atoms with Crippen molar-refractivity contribution in [2.45, 2.75) is 109 Å². The fourth-order valence-corrected chi connectivity index (χ4v) is 5.28. The lowest BCUT2D eigenvalue weighted by Crippen LogP contribution is -2.48. The van der Waals surface area contributed by atoms with Crippen LogP contribution in [0.1, 0.15) is 96.8 Å². The van der Waals surface area contributed by atoms with E-state index < -0.39 is 0 Å². The van der Waals surface area contributed by atoms with Gasteiger partial charge in [0.2, 0.25) is 5.91 Å². The number of carbonyl (C=O) groups excluding carboxylic acids is 2. The number of carbonyl (C=O) groups is 2. The van der Waals surface area contributed by atoms with Crippen LogP contribution in [0.2, 0.25) is 0 Å². The standard InChI is InChI=1S/C26H43N3O3/c1-2-17-27-22(12-14-26(31)32-24-9-5-3-6-10-24)11-13-25(30)29-20-15-23(16-21-29)28-18-7-4-8-19-28/h2,17,23-24H,3-16,18-21H2,1H3/b17-2-,27-22?. The topological polar surface area (TPSA) is 62.2 Å². The van der Waals surface area contributed by atoms with Crippen LogP contribution in [0.4, 0.5) is 0 Å². The minimum Gasteiger partial charge on any atom is -0.462 e. The monoisotopic (exact) mass is 445 g/mol. The van der Waals surface area contributed by atoms with Gasteiger partial charge in [0.05, 0.1) is 6.42 Å². The summed E-state index contributed by atoms with van der Waals surface area (Å²) in [5, 5.41) is 0. The Hall–Kier alpha value is -1.69. The van der Waals surface area contributed by atoms with E-state index in [-0.39, 0.29) is 18.0 Å². The van der Waals surface area contributed by atoms with Crippen LogP contribution in [-0.2, 0) is 14.3 Å². The number of aliphatic imine (C=N–C) groups is 1. The molecule has 3 fully saturated rings. The number of hydrogen-bond donors (Lipinski definition) is 0. The molecule has 0 radical (unpaired) electrons. The van der Waals surface area contributed by atoms with Gasteiger partial charge in [-0.2, -0.15) is 0 Å². The Kier molecular flexibility index (Phi) is 10.7. The van der Waals surface area contributed by atoms with Crippen molar-refractivity contribution in [3.05, 3.63) is 12.3 Å². The summed E-state index contributed by atoms with van der Waals surface area (Å²) >= 11 is 0. The molecule has 3 rings (SSSR count). The van der Waals surface area contributed by atoms with Crippen molar-refractivity contribution < 1.29 is 14.3 Å². The van der Waals surface area contributed by atoms with E-state index in [1.807, 2.05) is 17.9 Å². The maximum absolute atomic E-state index is 12.8. The van der Waals surface area contributed by atoms with Gasteiger partial charge >= 0.3 is 5.97 Å². The average Bonchev–Trinajstić information content (AvgIpc) is 2.84. The quantitative estimate of drug-likeness (QED) is 0.375. The summed E-state index contributed by atoms with van der Waals surface area (Å²) in [6.07, 6.45) is 17.5. The smallest absolute Gasteiger partial charge is 0.306 e. The van der Waals surface area contributed by atoms with Crippen molar-refractivity contribution in [3.8, 4) is 0 Å². The van der Waals surface area contributed by atoms with Gasteiger partial charge in [-0.3, -0.25) is 14.6 Å². The summed E-state index contributed by atoms with van der Waals surface area (Å²) in [5.41, 5.74) is 0.917. The Balaban J connectivity index is 1.38. The molecule has 3 aliphatic rings. The second kappa shape index (κ2) is 13.8. The van der Waals surface area contributed by atoms with E-state index in [1.165, 1.54) is 38.8 Å². The fourth-order valence-electron chi connectivity index (χ4n) is 5.28. The molecule has 2 aliphatic heterocycles. The second-order valence-electron chi connectivity index (χ2n) is 9.64. The van der Waals surface area contributed by atoms with E-state index in [0.29, 0.717) is 31.7 Å². The van der Waals surface area contributed by atoms with Crippen LogP contribution in [0, 0.1) is 0 Å². The largest absolute Gasteiger partial charge is 0.462 e. The summed E-state index contributed by atoms with van der Waals surface area (Å²) in [4.78, 5) is 34.2. The number of piperidine rings is 2. The Morgan fingerprint density at radius 3 is 2.19 bits per heavy atom. The number of likely N-dealkylation sites (tertiary alicyclic amines) is 2. The molecular formula is C26H43N3O3. The van der Waals surface area contributed by atoms with Gasteiger partial charge in [-0.25, -0.2) is 0 Å². The van der Waals surface area contributed by atoms with Gasteiger partial charge in [-0.1, -0.05) is 18.9 Å². The lowest BCUT2D eigenvalue weighted by molar-refractivity contribution is -0.150. The van der Waals surface area contributed by atoms with E-state index in [9.17, 15) is 9.59 Å². The molecule has 180 valence electrons. The summed E-state index contributed by atoms with van der Waals surface area (Å²) in [6, 6.07) is 0.654. The zero-order valence-electron chi connectivity index (χ0n) is 20.1. The first kappa shape index (κ1) is 24.9.